The Morgan fingerprint density at radius 1 is 1.07 bits per heavy atom. The zero-order valence-electron chi connectivity index (χ0n) is 18.5. The Morgan fingerprint density at radius 2 is 1.60 bits per heavy atom. The molecule has 0 aliphatic rings. The number of hydrogen-bond acceptors (Lipinski definition) is 4. The number of benzene rings is 2. The van der Waals surface area contributed by atoms with Crippen molar-refractivity contribution in [1.29, 1.82) is 0 Å². The molecule has 2 aromatic carbocycles. The molecule has 2 N–H and O–H groups in total. The average molecular weight is 433 g/mol. The molecule has 0 heterocycles. The lowest BCUT2D eigenvalue weighted by Gasteiger charge is -2.26. The van der Waals surface area contributed by atoms with E-state index in [2.05, 4.69) is 25.5 Å². The maximum absolute atomic E-state index is 12.9. The molecule has 6 nitrogen and oxygen atoms in total. The number of sulfonamides is 1. The summed E-state index contributed by atoms with van der Waals surface area (Å²) in [7, 11) is -2.36. The van der Waals surface area contributed by atoms with Crippen LogP contribution in [0.15, 0.2) is 53.4 Å². The zero-order chi connectivity index (χ0) is 22.7. The maximum Gasteiger partial charge on any atom is 0.243 e. The first-order valence-corrected chi connectivity index (χ1v) is 11.4. The number of aliphatic hydroxyl groups is 1. The number of carbonyl (C=O) groups excluding carboxylic acids is 1. The molecule has 0 radical (unpaired) electrons. The number of rotatable bonds is 7. The highest BCUT2D eigenvalue weighted by molar-refractivity contribution is 7.89. The van der Waals surface area contributed by atoms with Gasteiger partial charge in [-0.2, -0.15) is 4.72 Å². The summed E-state index contributed by atoms with van der Waals surface area (Å²) < 4.78 is 27.7. The zero-order valence-corrected chi connectivity index (χ0v) is 19.3. The van der Waals surface area contributed by atoms with Gasteiger partial charge in [0.1, 0.15) is 6.04 Å². The molecule has 0 fully saturated rings. The van der Waals surface area contributed by atoms with Gasteiger partial charge in [0, 0.05) is 13.6 Å². The molecule has 164 valence electrons. The van der Waals surface area contributed by atoms with Crippen LogP contribution >= 0.6 is 0 Å². The summed E-state index contributed by atoms with van der Waals surface area (Å²) in [5, 5.41) is 10.1. The van der Waals surface area contributed by atoms with E-state index in [-0.39, 0.29) is 10.3 Å². The smallest absolute Gasteiger partial charge is 0.243 e. The molecule has 0 spiro atoms. The van der Waals surface area contributed by atoms with Crippen molar-refractivity contribution in [3.63, 3.8) is 0 Å². The SMILES string of the molecule is Cc1ccc(S(=O)(=O)NC(C(=O)N(C)Cc2ccc(C(C)(C)C)cc2)C(C)O)cc1. The van der Waals surface area contributed by atoms with Gasteiger partial charge in [0.2, 0.25) is 15.9 Å². The van der Waals surface area contributed by atoms with Crippen LogP contribution in [0.2, 0.25) is 0 Å². The van der Waals surface area contributed by atoms with Crippen LogP contribution in [0.25, 0.3) is 0 Å². The van der Waals surface area contributed by atoms with E-state index in [1.54, 1.807) is 19.2 Å². The van der Waals surface area contributed by atoms with Crippen molar-refractivity contribution in [1.82, 2.24) is 9.62 Å². The average Bonchev–Trinajstić information content (AvgIpc) is 2.65. The van der Waals surface area contributed by atoms with E-state index in [0.717, 1.165) is 11.1 Å². The molecule has 2 atom stereocenters. The summed E-state index contributed by atoms with van der Waals surface area (Å²) in [4.78, 5) is 14.4. The molecular formula is C23H32N2O4S. The highest BCUT2D eigenvalue weighted by Gasteiger charge is 2.31. The number of aliphatic hydroxyl groups excluding tert-OH is 1. The highest BCUT2D eigenvalue weighted by atomic mass is 32.2. The minimum Gasteiger partial charge on any atom is -0.391 e. The van der Waals surface area contributed by atoms with E-state index >= 15 is 0 Å². The van der Waals surface area contributed by atoms with Gasteiger partial charge >= 0.3 is 0 Å². The second kappa shape index (κ2) is 9.29. The quantitative estimate of drug-likeness (QED) is 0.704. The van der Waals surface area contributed by atoms with Gasteiger partial charge in [-0.05, 0) is 42.5 Å². The van der Waals surface area contributed by atoms with Crippen LogP contribution in [0.1, 0.15) is 44.4 Å². The number of aryl methyl sites for hydroxylation is 1. The van der Waals surface area contributed by atoms with E-state index < -0.39 is 28.1 Å². The van der Waals surface area contributed by atoms with Crippen molar-refractivity contribution in [3.05, 3.63) is 65.2 Å². The first-order chi connectivity index (χ1) is 13.8. The van der Waals surface area contributed by atoms with Crippen LogP contribution in [0, 0.1) is 6.92 Å². The molecule has 7 heteroatoms. The molecule has 2 aromatic rings. The van der Waals surface area contributed by atoms with E-state index in [1.807, 2.05) is 31.2 Å². The summed E-state index contributed by atoms with van der Waals surface area (Å²) >= 11 is 0. The second-order valence-corrected chi connectivity index (χ2v) is 10.5. The van der Waals surface area contributed by atoms with Crippen molar-refractivity contribution in [2.45, 2.75) is 63.6 Å². The summed E-state index contributed by atoms with van der Waals surface area (Å²) in [5.74, 6) is -0.499. The number of nitrogens with zero attached hydrogens (tertiary/aromatic N) is 1. The minimum absolute atomic E-state index is 0.0337. The van der Waals surface area contributed by atoms with Gasteiger partial charge in [0.05, 0.1) is 11.0 Å². The van der Waals surface area contributed by atoms with Crippen molar-refractivity contribution in [2.75, 3.05) is 7.05 Å². The standard InChI is InChI=1S/C23H32N2O4S/c1-16-7-13-20(14-8-16)30(28,29)24-21(17(2)26)22(27)25(6)15-18-9-11-19(12-10-18)23(3,4)5/h7-14,17,21,24,26H,15H2,1-6H3. The van der Waals surface area contributed by atoms with Crippen molar-refractivity contribution in [2.24, 2.45) is 0 Å². The van der Waals surface area contributed by atoms with Gasteiger partial charge in [0.15, 0.2) is 0 Å². The number of carbonyl (C=O) groups is 1. The Labute approximate surface area is 180 Å². The molecule has 0 aromatic heterocycles. The molecule has 0 saturated heterocycles. The molecule has 0 aliphatic heterocycles. The third-order valence-electron chi connectivity index (χ3n) is 4.98. The van der Waals surface area contributed by atoms with Crippen molar-refractivity contribution >= 4 is 15.9 Å². The third kappa shape index (κ3) is 6.14. The summed E-state index contributed by atoms with van der Waals surface area (Å²) in [6.07, 6.45) is -1.19. The molecule has 1 amide bonds. The molecule has 0 aliphatic carbocycles. The van der Waals surface area contributed by atoms with Crippen molar-refractivity contribution in [3.8, 4) is 0 Å². The Morgan fingerprint density at radius 3 is 2.07 bits per heavy atom. The van der Waals surface area contributed by atoms with Gasteiger partial charge in [-0.1, -0.05) is 62.7 Å². The normalized spacial score (nSPS) is 14.2. The van der Waals surface area contributed by atoms with Crippen LogP contribution in [-0.2, 0) is 26.8 Å². The predicted molar refractivity (Wildman–Crippen MR) is 119 cm³/mol. The van der Waals surface area contributed by atoms with Crippen LogP contribution in [0.3, 0.4) is 0 Å². The fraction of sp³-hybridized carbons (Fsp3) is 0.435. The van der Waals surface area contributed by atoms with Crippen LogP contribution in [0.5, 0.6) is 0 Å². The number of amides is 1. The Kier molecular flexibility index (Phi) is 7.45. The van der Waals surface area contributed by atoms with E-state index in [9.17, 15) is 18.3 Å². The largest absolute Gasteiger partial charge is 0.391 e. The fourth-order valence-electron chi connectivity index (χ4n) is 3.01. The van der Waals surface area contributed by atoms with Gasteiger partial charge in [-0.15, -0.1) is 0 Å². The molecular weight excluding hydrogens is 400 g/mol. The molecule has 0 bridgehead atoms. The highest BCUT2D eigenvalue weighted by Crippen LogP contribution is 2.22. The molecule has 30 heavy (non-hydrogen) atoms. The van der Waals surface area contributed by atoms with Crippen molar-refractivity contribution < 1.29 is 18.3 Å². The molecule has 2 unspecified atom stereocenters. The predicted octanol–water partition coefficient (Wildman–Crippen LogP) is 2.98. The molecule has 2 rings (SSSR count). The Bertz CT molecular complexity index is 960. The first-order valence-electron chi connectivity index (χ1n) is 9.93. The van der Waals surface area contributed by atoms with Gasteiger partial charge in [0.25, 0.3) is 0 Å². The maximum atomic E-state index is 12.9. The van der Waals surface area contributed by atoms with Gasteiger partial charge < -0.3 is 10.0 Å². The van der Waals surface area contributed by atoms with E-state index in [4.69, 9.17) is 0 Å². The van der Waals surface area contributed by atoms with Gasteiger partial charge in [-0.3, -0.25) is 4.79 Å². The lowest BCUT2D eigenvalue weighted by molar-refractivity contribution is -0.134. The lowest BCUT2D eigenvalue weighted by atomic mass is 9.87. The number of nitrogens with one attached hydrogen (secondary N) is 1. The first kappa shape index (κ1) is 24.1. The Hall–Kier alpha value is -2.22. The summed E-state index contributed by atoms with van der Waals surface area (Å²) in [6, 6.07) is 13.0. The Balaban J connectivity index is 2.15. The number of hydrogen-bond donors (Lipinski definition) is 2. The topological polar surface area (TPSA) is 86.7 Å². The van der Waals surface area contributed by atoms with Gasteiger partial charge in [-0.25, -0.2) is 8.42 Å². The molecule has 0 saturated carbocycles. The fourth-order valence-corrected chi connectivity index (χ4v) is 4.27. The summed E-state index contributed by atoms with van der Waals surface area (Å²) in [5.41, 5.74) is 3.07. The van der Waals surface area contributed by atoms with E-state index in [1.165, 1.54) is 29.5 Å². The number of likely N-dealkylation sites (N-methyl/N-ethyl adjacent to an activating group) is 1. The van der Waals surface area contributed by atoms with Crippen LogP contribution < -0.4 is 4.72 Å². The lowest BCUT2D eigenvalue weighted by Crippen LogP contribution is -2.52. The van der Waals surface area contributed by atoms with Crippen LogP contribution in [-0.4, -0.2) is 43.5 Å². The second-order valence-electron chi connectivity index (χ2n) is 8.79. The van der Waals surface area contributed by atoms with E-state index in [0.29, 0.717) is 6.54 Å². The minimum atomic E-state index is -3.95. The monoisotopic (exact) mass is 432 g/mol. The summed E-state index contributed by atoms with van der Waals surface area (Å²) in [6.45, 7) is 9.95. The van der Waals surface area contributed by atoms with Crippen LogP contribution in [0.4, 0.5) is 0 Å². The third-order valence-corrected chi connectivity index (χ3v) is 6.43.